The molecule has 1 unspecified atom stereocenters. The van der Waals surface area contributed by atoms with Crippen LogP contribution in [0.4, 0.5) is 5.69 Å². The molecule has 1 saturated heterocycles. The first-order valence-corrected chi connectivity index (χ1v) is 10.2. The smallest absolute Gasteiger partial charge is 0.326 e. The van der Waals surface area contributed by atoms with Gasteiger partial charge in [0.15, 0.2) is 0 Å². The fraction of sp³-hybridized carbons (Fsp3) is 0.524. The highest BCUT2D eigenvalue weighted by molar-refractivity contribution is 6.24. The largest absolute Gasteiger partial charge is 0.481 e. The molecule has 9 heteroatoms. The zero-order valence-corrected chi connectivity index (χ0v) is 16.5. The van der Waals surface area contributed by atoms with Gasteiger partial charge in [-0.1, -0.05) is 6.07 Å². The van der Waals surface area contributed by atoms with Gasteiger partial charge in [-0.15, -0.1) is 0 Å². The second kappa shape index (κ2) is 7.71. The van der Waals surface area contributed by atoms with Gasteiger partial charge in [0, 0.05) is 31.7 Å². The van der Waals surface area contributed by atoms with Crippen LogP contribution in [-0.4, -0.2) is 64.5 Å². The molecule has 4 rings (SSSR count). The van der Waals surface area contributed by atoms with Crippen LogP contribution in [0.3, 0.4) is 0 Å². The number of fused-ring (bicyclic) bond motifs is 1. The molecule has 2 aliphatic heterocycles. The maximum atomic E-state index is 13.0. The van der Waals surface area contributed by atoms with Crippen molar-refractivity contribution in [2.24, 2.45) is 11.3 Å². The summed E-state index contributed by atoms with van der Waals surface area (Å²) in [6, 6.07) is 3.35. The Morgan fingerprint density at radius 3 is 2.53 bits per heavy atom. The molecule has 1 aliphatic carbocycles. The van der Waals surface area contributed by atoms with Gasteiger partial charge < -0.3 is 20.8 Å². The predicted molar refractivity (Wildman–Crippen MR) is 106 cm³/mol. The van der Waals surface area contributed by atoms with Crippen LogP contribution in [0.1, 0.15) is 52.8 Å². The van der Waals surface area contributed by atoms with Gasteiger partial charge in [-0.05, 0) is 49.1 Å². The van der Waals surface area contributed by atoms with E-state index in [1.54, 1.807) is 12.1 Å². The number of hydrogen-bond donors (Lipinski definition) is 4. The van der Waals surface area contributed by atoms with Gasteiger partial charge in [-0.2, -0.15) is 0 Å². The lowest BCUT2D eigenvalue weighted by Crippen LogP contribution is -2.60. The Labute approximate surface area is 173 Å². The van der Waals surface area contributed by atoms with E-state index in [1.165, 1.54) is 18.9 Å². The van der Waals surface area contributed by atoms with E-state index in [1.807, 2.05) is 0 Å². The summed E-state index contributed by atoms with van der Waals surface area (Å²) in [7, 11) is 0. The van der Waals surface area contributed by atoms with Crippen molar-refractivity contribution in [1.82, 2.24) is 10.2 Å². The molecule has 3 aliphatic rings. The summed E-state index contributed by atoms with van der Waals surface area (Å²) in [5.41, 5.74) is 1.32. The minimum atomic E-state index is -1.51. The standard InChI is InChI=1S/C21H25N3O6/c25-16(26)5-4-15(20(29)30)24-18(27)13-2-1-3-14(17(13)19(24)28)23-7-6-12-8-21(9-12)10-22-11-21/h1-3,12,15,22-23H,4-11H2,(H,25,26)(H,29,30). The molecule has 4 N–H and O–H groups in total. The summed E-state index contributed by atoms with van der Waals surface area (Å²) in [6.45, 7) is 2.86. The molecule has 1 aromatic carbocycles. The second-order valence-corrected chi connectivity index (χ2v) is 8.59. The molecule has 1 aromatic rings. The summed E-state index contributed by atoms with van der Waals surface area (Å²) in [5, 5.41) is 24.9. The second-order valence-electron chi connectivity index (χ2n) is 8.59. The Morgan fingerprint density at radius 2 is 1.93 bits per heavy atom. The van der Waals surface area contributed by atoms with Gasteiger partial charge in [0.25, 0.3) is 11.8 Å². The van der Waals surface area contributed by atoms with Crippen LogP contribution in [-0.2, 0) is 9.59 Å². The Balaban J connectivity index is 1.44. The van der Waals surface area contributed by atoms with Crippen LogP contribution >= 0.6 is 0 Å². The molecule has 1 atom stereocenters. The van der Waals surface area contributed by atoms with Crippen molar-refractivity contribution in [3.05, 3.63) is 29.3 Å². The Kier molecular flexibility index (Phi) is 5.23. The van der Waals surface area contributed by atoms with Gasteiger partial charge in [0.1, 0.15) is 6.04 Å². The fourth-order valence-corrected chi connectivity index (χ4v) is 4.90. The number of nitrogens with one attached hydrogen (secondary N) is 2. The first-order valence-electron chi connectivity index (χ1n) is 10.2. The maximum absolute atomic E-state index is 13.0. The minimum absolute atomic E-state index is 0.148. The molecule has 0 aromatic heterocycles. The van der Waals surface area contributed by atoms with Crippen molar-refractivity contribution in [1.29, 1.82) is 0 Å². The van der Waals surface area contributed by atoms with Gasteiger partial charge in [-0.3, -0.25) is 19.3 Å². The lowest BCUT2D eigenvalue weighted by molar-refractivity contribution is -0.142. The molecule has 9 nitrogen and oxygen atoms in total. The first kappa shape index (κ1) is 20.3. The van der Waals surface area contributed by atoms with Gasteiger partial charge in [0.05, 0.1) is 11.1 Å². The van der Waals surface area contributed by atoms with Crippen LogP contribution in [0.15, 0.2) is 18.2 Å². The molecule has 1 spiro atoms. The number of hydrogen-bond acceptors (Lipinski definition) is 6. The zero-order valence-electron chi connectivity index (χ0n) is 16.5. The summed E-state index contributed by atoms with van der Waals surface area (Å²) < 4.78 is 0. The lowest BCUT2D eigenvalue weighted by Gasteiger charge is -2.54. The van der Waals surface area contributed by atoms with E-state index >= 15 is 0 Å². The topological polar surface area (TPSA) is 136 Å². The SMILES string of the molecule is O=C(O)CCC(C(=O)O)N1C(=O)c2cccc(NCCC3CC4(CNC4)C3)c2C1=O. The lowest BCUT2D eigenvalue weighted by atomic mass is 9.58. The highest BCUT2D eigenvalue weighted by Crippen LogP contribution is 2.49. The third-order valence-corrected chi connectivity index (χ3v) is 6.49. The maximum Gasteiger partial charge on any atom is 0.326 e. The van der Waals surface area contributed by atoms with E-state index in [9.17, 15) is 24.3 Å². The number of carboxylic acids is 2. The summed E-state index contributed by atoms with van der Waals surface area (Å²) in [5.74, 6) is -3.33. The molecule has 2 fully saturated rings. The van der Waals surface area contributed by atoms with Crippen molar-refractivity contribution in [2.45, 2.75) is 38.1 Å². The third kappa shape index (κ3) is 3.54. The van der Waals surface area contributed by atoms with E-state index in [4.69, 9.17) is 5.11 Å². The number of carbonyl (C=O) groups excluding carboxylic acids is 2. The highest BCUT2D eigenvalue weighted by atomic mass is 16.4. The Hall–Kier alpha value is -2.94. The molecule has 0 radical (unpaired) electrons. The van der Waals surface area contributed by atoms with Crippen molar-refractivity contribution in [2.75, 3.05) is 25.0 Å². The first-order chi connectivity index (χ1) is 14.3. The van der Waals surface area contributed by atoms with E-state index in [-0.39, 0.29) is 17.5 Å². The van der Waals surface area contributed by atoms with Crippen LogP contribution in [0.5, 0.6) is 0 Å². The average Bonchev–Trinajstić information content (AvgIpc) is 2.87. The number of nitrogens with zero attached hydrogens (tertiary/aromatic N) is 1. The normalized spacial score (nSPS) is 20.5. The number of aliphatic carboxylic acids is 2. The summed E-state index contributed by atoms with van der Waals surface area (Å²) in [4.78, 5) is 48.9. The Bertz CT molecular complexity index is 902. The van der Waals surface area contributed by atoms with E-state index in [2.05, 4.69) is 10.6 Å². The zero-order chi connectivity index (χ0) is 21.5. The molecule has 160 valence electrons. The number of carbonyl (C=O) groups is 4. The van der Waals surface area contributed by atoms with Gasteiger partial charge >= 0.3 is 11.9 Å². The van der Waals surface area contributed by atoms with Crippen molar-refractivity contribution in [3.63, 3.8) is 0 Å². The van der Waals surface area contributed by atoms with Crippen molar-refractivity contribution in [3.8, 4) is 0 Å². The van der Waals surface area contributed by atoms with E-state index in [0.717, 1.165) is 19.5 Å². The number of carboxylic acid groups (broad SMARTS) is 2. The van der Waals surface area contributed by atoms with Gasteiger partial charge in [-0.25, -0.2) is 4.79 Å². The number of anilines is 1. The van der Waals surface area contributed by atoms with Crippen molar-refractivity contribution < 1.29 is 29.4 Å². The van der Waals surface area contributed by atoms with Crippen LogP contribution in [0.25, 0.3) is 0 Å². The van der Waals surface area contributed by atoms with Crippen LogP contribution in [0, 0.1) is 11.3 Å². The third-order valence-electron chi connectivity index (χ3n) is 6.49. The summed E-state index contributed by atoms with van der Waals surface area (Å²) >= 11 is 0. The molecule has 1 saturated carbocycles. The predicted octanol–water partition coefficient (Wildman–Crippen LogP) is 1.40. The Morgan fingerprint density at radius 1 is 1.20 bits per heavy atom. The minimum Gasteiger partial charge on any atom is -0.481 e. The van der Waals surface area contributed by atoms with Crippen molar-refractivity contribution >= 4 is 29.4 Å². The highest BCUT2D eigenvalue weighted by Gasteiger charge is 2.48. The molecule has 2 heterocycles. The summed E-state index contributed by atoms with van der Waals surface area (Å²) in [6.07, 6.45) is 2.60. The quantitative estimate of drug-likeness (QED) is 0.445. The molecule has 30 heavy (non-hydrogen) atoms. The van der Waals surface area contributed by atoms with E-state index < -0.39 is 36.2 Å². The van der Waals surface area contributed by atoms with Crippen LogP contribution in [0.2, 0.25) is 0 Å². The van der Waals surface area contributed by atoms with E-state index in [0.29, 0.717) is 28.5 Å². The van der Waals surface area contributed by atoms with Gasteiger partial charge in [0.2, 0.25) is 0 Å². The number of benzene rings is 1. The molecule has 0 bridgehead atoms. The molecular formula is C21H25N3O6. The molecule has 2 amide bonds. The molecular weight excluding hydrogens is 390 g/mol. The van der Waals surface area contributed by atoms with Crippen LogP contribution < -0.4 is 10.6 Å². The number of imide groups is 1. The average molecular weight is 415 g/mol. The monoisotopic (exact) mass is 415 g/mol. The fourth-order valence-electron chi connectivity index (χ4n) is 4.90. The number of rotatable bonds is 9. The number of amides is 2.